The highest BCUT2D eigenvalue weighted by atomic mass is 16.5. The maximum Gasteiger partial charge on any atom is 0.236 e. The monoisotopic (exact) mass is 312 g/mol. The number of rotatable bonds is 7. The Bertz CT molecular complexity index is 324. The number of ether oxygens (including phenoxy) is 1. The second-order valence-corrected chi connectivity index (χ2v) is 6.65. The van der Waals surface area contributed by atoms with Crippen molar-refractivity contribution in [3.63, 3.8) is 0 Å². The maximum absolute atomic E-state index is 12.0. The molecule has 0 aromatic carbocycles. The molecule has 0 radical (unpaired) electrons. The van der Waals surface area contributed by atoms with Crippen LogP contribution < -0.4 is 5.32 Å². The van der Waals surface area contributed by atoms with Crippen LogP contribution in [0.5, 0.6) is 0 Å². The Hall–Kier alpha value is -0.690. The second kappa shape index (κ2) is 9.45. The third-order valence-corrected chi connectivity index (χ3v) is 4.49. The number of hydrogen-bond acceptors (Lipinski definition) is 5. The lowest BCUT2D eigenvalue weighted by Gasteiger charge is -2.33. The Morgan fingerprint density at radius 2 is 1.86 bits per heavy atom. The fraction of sp³-hybridized carbons (Fsp3) is 0.938. The molecule has 2 fully saturated rings. The van der Waals surface area contributed by atoms with E-state index >= 15 is 0 Å². The largest absolute Gasteiger partial charge is 0.379 e. The van der Waals surface area contributed by atoms with E-state index in [0.29, 0.717) is 12.6 Å². The maximum atomic E-state index is 12.0. The summed E-state index contributed by atoms with van der Waals surface area (Å²) in [6, 6.07) is 0.577. The first-order valence-electron chi connectivity index (χ1n) is 8.61. The number of amides is 1. The molecule has 2 rings (SSSR count). The summed E-state index contributed by atoms with van der Waals surface area (Å²) in [5.41, 5.74) is 0. The minimum Gasteiger partial charge on any atom is -0.379 e. The lowest BCUT2D eigenvalue weighted by Crippen LogP contribution is -2.47. The lowest BCUT2D eigenvalue weighted by atomic mass is 10.0. The van der Waals surface area contributed by atoms with Crippen LogP contribution in [0.4, 0.5) is 0 Å². The molecule has 2 aliphatic rings. The summed E-state index contributed by atoms with van der Waals surface area (Å²) in [4.78, 5) is 18.4. The van der Waals surface area contributed by atoms with Gasteiger partial charge in [-0.3, -0.25) is 9.69 Å². The molecule has 0 unspecified atom stereocenters. The van der Waals surface area contributed by atoms with Crippen molar-refractivity contribution in [2.75, 3.05) is 73.1 Å². The smallest absolute Gasteiger partial charge is 0.236 e. The van der Waals surface area contributed by atoms with Gasteiger partial charge in [0.05, 0.1) is 19.8 Å². The summed E-state index contributed by atoms with van der Waals surface area (Å²) >= 11 is 0. The molecule has 6 heteroatoms. The predicted molar refractivity (Wildman–Crippen MR) is 88.0 cm³/mol. The molecule has 6 nitrogen and oxygen atoms in total. The second-order valence-electron chi connectivity index (χ2n) is 6.65. The minimum atomic E-state index is 0.260. The standard InChI is InChI=1S/C16H32N4O2/c1-18(2)14-16(21)20-8-4-15(5-9-20)17-6-3-7-19-10-12-22-13-11-19/h15,17H,3-14H2,1-2H3. The summed E-state index contributed by atoms with van der Waals surface area (Å²) < 4.78 is 5.36. The Morgan fingerprint density at radius 3 is 2.50 bits per heavy atom. The average Bonchev–Trinajstić information content (AvgIpc) is 2.52. The highest BCUT2D eigenvalue weighted by Crippen LogP contribution is 2.10. The van der Waals surface area contributed by atoms with Gasteiger partial charge in [0.15, 0.2) is 0 Å². The Morgan fingerprint density at radius 1 is 1.18 bits per heavy atom. The molecule has 2 heterocycles. The molecule has 0 aromatic rings. The van der Waals surface area contributed by atoms with E-state index in [4.69, 9.17) is 4.74 Å². The summed E-state index contributed by atoms with van der Waals surface area (Å²) in [6.45, 7) is 8.47. The number of carbonyl (C=O) groups is 1. The van der Waals surface area contributed by atoms with Crippen LogP contribution in [-0.2, 0) is 9.53 Å². The number of nitrogens with one attached hydrogen (secondary N) is 1. The zero-order chi connectivity index (χ0) is 15.8. The van der Waals surface area contributed by atoms with Gasteiger partial charge in [0, 0.05) is 32.2 Å². The van der Waals surface area contributed by atoms with Gasteiger partial charge < -0.3 is 19.9 Å². The lowest BCUT2D eigenvalue weighted by molar-refractivity contribution is -0.132. The first-order chi connectivity index (χ1) is 10.6. The minimum absolute atomic E-state index is 0.260. The third kappa shape index (κ3) is 6.20. The summed E-state index contributed by atoms with van der Waals surface area (Å²) in [5.74, 6) is 0.260. The average molecular weight is 312 g/mol. The van der Waals surface area contributed by atoms with E-state index in [2.05, 4.69) is 10.2 Å². The number of nitrogens with zero attached hydrogens (tertiary/aromatic N) is 3. The van der Waals surface area contributed by atoms with Crippen LogP contribution in [0.15, 0.2) is 0 Å². The Balaban J connectivity index is 1.52. The molecule has 0 saturated carbocycles. The number of carbonyl (C=O) groups excluding carboxylic acids is 1. The molecular weight excluding hydrogens is 280 g/mol. The van der Waals surface area contributed by atoms with E-state index in [1.807, 2.05) is 23.9 Å². The molecule has 1 amide bonds. The van der Waals surface area contributed by atoms with Crippen molar-refractivity contribution in [1.29, 1.82) is 0 Å². The van der Waals surface area contributed by atoms with Gasteiger partial charge in [-0.1, -0.05) is 0 Å². The van der Waals surface area contributed by atoms with Gasteiger partial charge in [0.2, 0.25) is 5.91 Å². The van der Waals surface area contributed by atoms with E-state index < -0.39 is 0 Å². The molecule has 0 aromatic heterocycles. The first-order valence-corrected chi connectivity index (χ1v) is 8.61. The van der Waals surface area contributed by atoms with E-state index in [0.717, 1.165) is 65.3 Å². The van der Waals surface area contributed by atoms with Gasteiger partial charge in [-0.25, -0.2) is 0 Å². The molecule has 128 valence electrons. The first kappa shape index (κ1) is 17.7. The van der Waals surface area contributed by atoms with E-state index in [1.54, 1.807) is 0 Å². The molecule has 2 saturated heterocycles. The number of morpholine rings is 1. The highest BCUT2D eigenvalue weighted by Gasteiger charge is 2.22. The number of likely N-dealkylation sites (tertiary alicyclic amines) is 1. The van der Waals surface area contributed by atoms with E-state index in [9.17, 15) is 4.79 Å². The van der Waals surface area contributed by atoms with E-state index in [-0.39, 0.29) is 5.91 Å². The van der Waals surface area contributed by atoms with Crippen LogP contribution >= 0.6 is 0 Å². The zero-order valence-electron chi connectivity index (χ0n) is 14.2. The van der Waals surface area contributed by atoms with Crippen molar-refractivity contribution >= 4 is 5.91 Å². The van der Waals surface area contributed by atoms with Crippen molar-refractivity contribution in [2.24, 2.45) is 0 Å². The van der Waals surface area contributed by atoms with E-state index in [1.165, 1.54) is 6.42 Å². The van der Waals surface area contributed by atoms with Crippen molar-refractivity contribution in [2.45, 2.75) is 25.3 Å². The van der Waals surface area contributed by atoms with Crippen LogP contribution in [-0.4, -0.2) is 99.8 Å². The van der Waals surface area contributed by atoms with Crippen molar-refractivity contribution in [3.8, 4) is 0 Å². The number of hydrogen-bond donors (Lipinski definition) is 1. The molecule has 0 aliphatic carbocycles. The third-order valence-electron chi connectivity index (χ3n) is 4.49. The van der Waals surface area contributed by atoms with Gasteiger partial charge in [-0.2, -0.15) is 0 Å². The normalized spacial score (nSPS) is 21.5. The van der Waals surface area contributed by atoms with Crippen LogP contribution in [0.25, 0.3) is 0 Å². The summed E-state index contributed by atoms with van der Waals surface area (Å²) in [6.07, 6.45) is 3.35. The highest BCUT2D eigenvalue weighted by molar-refractivity contribution is 5.78. The van der Waals surface area contributed by atoms with Gasteiger partial charge in [-0.15, -0.1) is 0 Å². The van der Waals surface area contributed by atoms with Crippen LogP contribution in [0.3, 0.4) is 0 Å². The molecule has 0 spiro atoms. The fourth-order valence-corrected chi connectivity index (χ4v) is 3.14. The topological polar surface area (TPSA) is 48.1 Å². The summed E-state index contributed by atoms with van der Waals surface area (Å²) in [5, 5.41) is 3.66. The van der Waals surface area contributed by atoms with Gasteiger partial charge in [-0.05, 0) is 46.4 Å². The predicted octanol–water partition coefficient (Wildman–Crippen LogP) is -0.149. The molecule has 0 bridgehead atoms. The van der Waals surface area contributed by atoms with Crippen molar-refractivity contribution in [3.05, 3.63) is 0 Å². The Kier molecular flexibility index (Phi) is 7.59. The molecule has 1 N–H and O–H groups in total. The summed E-state index contributed by atoms with van der Waals surface area (Å²) in [7, 11) is 3.89. The van der Waals surface area contributed by atoms with Gasteiger partial charge in [0.1, 0.15) is 0 Å². The van der Waals surface area contributed by atoms with Crippen molar-refractivity contribution in [1.82, 2.24) is 20.0 Å². The molecular formula is C16H32N4O2. The van der Waals surface area contributed by atoms with Crippen LogP contribution in [0.2, 0.25) is 0 Å². The number of piperidine rings is 1. The zero-order valence-corrected chi connectivity index (χ0v) is 14.2. The van der Waals surface area contributed by atoms with Crippen LogP contribution in [0.1, 0.15) is 19.3 Å². The quantitative estimate of drug-likeness (QED) is 0.663. The molecule has 22 heavy (non-hydrogen) atoms. The molecule has 0 atom stereocenters. The van der Waals surface area contributed by atoms with Crippen molar-refractivity contribution < 1.29 is 9.53 Å². The Labute approximate surface area is 134 Å². The van der Waals surface area contributed by atoms with Gasteiger partial charge >= 0.3 is 0 Å². The van der Waals surface area contributed by atoms with Crippen LogP contribution in [0, 0.1) is 0 Å². The van der Waals surface area contributed by atoms with Gasteiger partial charge in [0.25, 0.3) is 0 Å². The fourth-order valence-electron chi connectivity index (χ4n) is 3.14. The SMILES string of the molecule is CN(C)CC(=O)N1CCC(NCCCN2CCOCC2)CC1. The molecule has 2 aliphatic heterocycles. The number of likely N-dealkylation sites (N-methyl/N-ethyl adjacent to an activating group) is 1.